The van der Waals surface area contributed by atoms with Crippen molar-refractivity contribution in [2.75, 3.05) is 26.8 Å². The molecule has 1 aliphatic heterocycles. The lowest BCUT2D eigenvalue weighted by Crippen LogP contribution is -2.48. The van der Waals surface area contributed by atoms with E-state index in [9.17, 15) is 14.4 Å². The summed E-state index contributed by atoms with van der Waals surface area (Å²) in [4.78, 5) is 36.2. The Kier molecular flexibility index (Phi) is 4.54. The van der Waals surface area contributed by atoms with Crippen molar-refractivity contribution in [3.05, 3.63) is 35.4 Å². The number of carbonyl (C=O) groups excluding carboxylic acids is 2. The van der Waals surface area contributed by atoms with Crippen molar-refractivity contribution in [3.8, 4) is 0 Å². The molecule has 112 valence electrons. The monoisotopic (exact) mass is 293 g/mol. The lowest BCUT2D eigenvalue weighted by molar-refractivity contribution is -0.158. The minimum absolute atomic E-state index is 0.0404. The number of nitrogens with zero attached hydrogens (tertiary/aromatic N) is 1. The molecule has 0 aromatic heterocycles. The molecule has 1 atom stereocenters. The average molecular weight is 293 g/mol. The smallest absolute Gasteiger partial charge is 0.336 e. The van der Waals surface area contributed by atoms with E-state index in [2.05, 4.69) is 4.74 Å². The first kappa shape index (κ1) is 15.0. The summed E-state index contributed by atoms with van der Waals surface area (Å²) in [6.07, 6.45) is -0.810. The van der Waals surface area contributed by atoms with Gasteiger partial charge in [0.2, 0.25) is 0 Å². The Morgan fingerprint density at radius 1 is 1.33 bits per heavy atom. The maximum absolute atomic E-state index is 12.4. The standard InChI is InChI=1S/C14H15NO6/c1-20-14(19)11-8-15(5-6-21-11)12(16)9-3-2-4-10(7-9)13(17)18/h2-4,7,11H,5-6,8H2,1H3,(H,17,18). The molecule has 0 bridgehead atoms. The zero-order chi connectivity index (χ0) is 15.4. The van der Waals surface area contributed by atoms with Crippen LogP contribution in [0, 0.1) is 0 Å². The quantitative estimate of drug-likeness (QED) is 0.811. The second-order valence-corrected chi connectivity index (χ2v) is 4.52. The number of amides is 1. The Morgan fingerprint density at radius 3 is 2.71 bits per heavy atom. The maximum Gasteiger partial charge on any atom is 0.336 e. The summed E-state index contributed by atoms with van der Waals surface area (Å²) in [7, 11) is 1.25. The number of rotatable bonds is 3. The first-order valence-electron chi connectivity index (χ1n) is 6.35. The van der Waals surface area contributed by atoms with Crippen LogP contribution in [0.1, 0.15) is 20.7 Å². The van der Waals surface area contributed by atoms with Crippen molar-refractivity contribution < 1.29 is 29.0 Å². The van der Waals surface area contributed by atoms with Gasteiger partial charge in [0.1, 0.15) is 0 Å². The highest BCUT2D eigenvalue weighted by atomic mass is 16.6. The van der Waals surface area contributed by atoms with E-state index < -0.39 is 18.0 Å². The van der Waals surface area contributed by atoms with Crippen LogP contribution in [0.15, 0.2) is 24.3 Å². The second-order valence-electron chi connectivity index (χ2n) is 4.52. The number of morpholine rings is 1. The molecule has 1 unspecified atom stereocenters. The van der Waals surface area contributed by atoms with E-state index in [4.69, 9.17) is 9.84 Å². The van der Waals surface area contributed by atoms with Gasteiger partial charge in [0.05, 0.1) is 25.8 Å². The van der Waals surface area contributed by atoms with Gasteiger partial charge < -0.3 is 19.5 Å². The fourth-order valence-corrected chi connectivity index (χ4v) is 2.08. The van der Waals surface area contributed by atoms with Crippen LogP contribution in [0.3, 0.4) is 0 Å². The van der Waals surface area contributed by atoms with Crippen LogP contribution in [-0.2, 0) is 14.3 Å². The number of hydrogen-bond acceptors (Lipinski definition) is 5. The molecular formula is C14H15NO6. The molecule has 1 aromatic rings. The van der Waals surface area contributed by atoms with Crippen molar-refractivity contribution in [1.82, 2.24) is 4.90 Å². The SMILES string of the molecule is COC(=O)C1CN(C(=O)c2cccc(C(=O)O)c2)CCO1. The highest BCUT2D eigenvalue weighted by molar-refractivity contribution is 5.97. The van der Waals surface area contributed by atoms with Crippen molar-refractivity contribution in [1.29, 1.82) is 0 Å². The number of methoxy groups -OCH3 is 1. The number of carboxylic acid groups (broad SMARTS) is 1. The van der Waals surface area contributed by atoms with Crippen molar-refractivity contribution in [2.45, 2.75) is 6.10 Å². The Bertz CT molecular complexity index is 570. The predicted molar refractivity (Wildman–Crippen MR) is 71.1 cm³/mol. The van der Waals surface area contributed by atoms with Crippen LogP contribution in [0.5, 0.6) is 0 Å². The summed E-state index contributed by atoms with van der Waals surface area (Å²) in [6, 6.07) is 5.77. The molecule has 0 saturated carbocycles. The number of ether oxygens (including phenoxy) is 2. The normalized spacial score (nSPS) is 18.1. The van der Waals surface area contributed by atoms with Crippen LogP contribution < -0.4 is 0 Å². The van der Waals surface area contributed by atoms with E-state index in [1.165, 1.54) is 36.3 Å². The molecule has 0 radical (unpaired) electrons. The molecule has 1 heterocycles. The van der Waals surface area contributed by atoms with Gasteiger partial charge in [-0.3, -0.25) is 4.79 Å². The molecule has 1 fully saturated rings. The van der Waals surface area contributed by atoms with Crippen molar-refractivity contribution in [3.63, 3.8) is 0 Å². The third-order valence-corrected chi connectivity index (χ3v) is 3.17. The van der Waals surface area contributed by atoms with Crippen LogP contribution >= 0.6 is 0 Å². The van der Waals surface area contributed by atoms with Crippen molar-refractivity contribution in [2.24, 2.45) is 0 Å². The number of carbonyl (C=O) groups is 3. The third-order valence-electron chi connectivity index (χ3n) is 3.17. The number of esters is 1. The average Bonchev–Trinajstić information content (AvgIpc) is 2.53. The Labute approximate surface area is 121 Å². The topological polar surface area (TPSA) is 93.1 Å². The van der Waals surface area contributed by atoms with Crippen molar-refractivity contribution >= 4 is 17.8 Å². The van der Waals surface area contributed by atoms with Gasteiger partial charge in [0.25, 0.3) is 5.91 Å². The van der Waals surface area contributed by atoms with E-state index in [1.54, 1.807) is 0 Å². The predicted octanol–water partition coefficient (Wildman–Crippen LogP) is 0.399. The van der Waals surface area contributed by atoms with E-state index in [0.717, 1.165) is 0 Å². The summed E-state index contributed by atoms with van der Waals surface area (Å²) >= 11 is 0. The molecule has 1 aromatic carbocycles. The fourth-order valence-electron chi connectivity index (χ4n) is 2.08. The summed E-state index contributed by atoms with van der Waals surface area (Å²) in [5.74, 6) is -1.97. The third kappa shape index (κ3) is 3.38. The van der Waals surface area contributed by atoms with E-state index in [0.29, 0.717) is 6.54 Å². The molecule has 21 heavy (non-hydrogen) atoms. The highest BCUT2D eigenvalue weighted by Gasteiger charge is 2.30. The Balaban J connectivity index is 2.14. The zero-order valence-corrected chi connectivity index (χ0v) is 11.4. The zero-order valence-electron chi connectivity index (χ0n) is 11.4. The molecule has 1 amide bonds. The van der Waals surface area contributed by atoms with Gasteiger partial charge >= 0.3 is 11.9 Å². The van der Waals surface area contributed by atoms with Crippen LogP contribution in [0.25, 0.3) is 0 Å². The first-order chi connectivity index (χ1) is 10.0. The summed E-state index contributed by atoms with van der Waals surface area (Å²) in [5, 5.41) is 8.94. The van der Waals surface area contributed by atoms with Crippen LogP contribution in [0.2, 0.25) is 0 Å². The van der Waals surface area contributed by atoms with Gasteiger partial charge in [-0.15, -0.1) is 0 Å². The lowest BCUT2D eigenvalue weighted by atomic mass is 10.1. The molecule has 1 N–H and O–H groups in total. The molecule has 0 aliphatic carbocycles. The van der Waals surface area contributed by atoms with E-state index >= 15 is 0 Å². The van der Waals surface area contributed by atoms with Gasteiger partial charge in [-0.1, -0.05) is 6.07 Å². The maximum atomic E-state index is 12.4. The minimum atomic E-state index is -1.10. The molecule has 1 aliphatic rings. The summed E-state index contributed by atoms with van der Waals surface area (Å²) < 4.78 is 9.84. The fraction of sp³-hybridized carbons (Fsp3) is 0.357. The number of carboxylic acids is 1. The minimum Gasteiger partial charge on any atom is -0.478 e. The van der Waals surface area contributed by atoms with Gasteiger partial charge in [-0.2, -0.15) is 0 Å². The molecule has 0 spiro atoms. The second kappa shape index (κ2) is 6.36. The number of aromatic carboxylic acids is 1. The van der Waals surface area contributed by atoms with Gasteiger partial charge in [0.15, 0.2) is 6.10 Å². The molecular weight excluding hydrogens is 278 g/mol. The lowest BCUT2D eigenvalue weighted by Gasteiger charge is -2.31. The molecule has 2 rings (SSSR count). The van der Waals surface area contributed by atoms with Crippen LogP contribution in [-0.4, -0.2) is 60.8 Å². The van der Waals surface area contributed by atoms with E-state index in [-0.39, 0.29) is 30.2 Å². The Morgan fingerprint density at radius 2 is 2.05 bits per heavy atom. The van der Waals surface area contributed by atoms with Gasteiger partial charge in [-0.05, 0) is 18.2 Å². The molecule has 1 saturated heterocycles. The highest BCUT2D eigenvalue weighted by Crippen LogP contribution is 2.13. The van der Waals surface area contributed by atoms with Crippen LogP contribution in [0.4, 0.5) is 0 Å². The van der Waals surface area contributed by atoms with Gasteiger partial charge in [-0.25, -0.2) is 9.59 Å². The number of hydrogen-bond donors (Lipinski definition) is 1. The molecule has 7 heteroatoms. The summed E-state index contributed by atoms with van der Waals surface area (Å²) in [6.45, 7) is 0.649. The summed E-state index contributed by atoms with van der Waals surface area (Å²) in [5.41, 5.74) is 0.305. The first-order valence-corrected chi connectivity index (χ1v) is 6.35. The van der Waals surface area contributed by atoms with E-state index in [1.807, 2.05) is 0 Å². The largest absolute Gasteiger partial charge is 0.478 e. The molecule has 7 nitrogen and oxygen atoms in total. The Hall–Kier alpha value is -2.41. The van der Waals surface area contributed by atoms with Gasteiger partial charge in [0, 0.05) is 12.1 Å². The number of benzene rings is 1.